The fourth-order valence-corrected chi connectivity index (χ4v) is 1.59. The van der Waals surface area contributed by atoms with Crippen LogP contribution in [0.5, 0.6) is 0 Å². The predicted molar refractivity (Wildman–Crippen MR) is 54.2 cm³/mol. The minimum atomic E-state index is -0.0170. The highest BCUT2D eigenvalue weighted by Gasteiger charge is 2.06. The number of carbonyl (C=O) groups excluding carboxylic acids is 1. The van der Waals surface area contributed by atoms with Gasteiger partial charge >= 0.3 is 0 Å². The molecule has 11 heavy (non-hydrogen) atoms. The van der Waals surface area contributed by atoms with E-state index in [9.17, 15) is 4.79 Å². The van der Waals surface area contributed by atoms with E-state index >= 15 is 0 Å². The zero-order valence-electron chi connectivity index (χ0n) is 5.68. The zero-order chi connectivity index (χ0) is 8.27. The lowest BCUT2D eigenvalue weighted by Crippen LogP contribution is -2.01. The van der Waals surface area contributed by atoms with Crippen LogP contribution in [0.3, 0.4) is 0 Å². The Kier molecular flexibility index (Phi) is 3.33. The molecule has 0 spiro atoms. The van der Waals surface area contributed by atoms with Crippen molar-refractivity contribution in [3.63, 3.8) is 0 Å². The molecule has 1 aromatic rings. The van der Waals surface area contributed by atoms with Crippen LogP contribution >= 0.6 is 34.2 Å². The zero-order valence-corrected chi connectivity index (χ0v) is 8.59. The second-order valence-electron chi connectivity index (χ2n) is 2.04. The van der Waals surface area contributed by atoms with Gasteiger partial charge in [-0.15, -0.1) is 11.6 Å². The summed E-state index contributed by atoms with van der Waals surface area (Å²) in [5, 5.41) is 0. The molecule has 0 radical (unpaired) electrons. The molecule has 1 aromatic carbocycles. The molecule has 3 heteroatoms. The van der Waals surface area contributed by atoms with E-state index < -0.39 is 0 Å². The Morgan fingerprint density at radius 3 is 2.64 bits per heavy atom. The Morgan fingerprint density at radius 1 is 1.45 bits per heavy atom. The molecular formula is C8H6ClIO. The Labute approximate surface area is 83.9 Å². The highest BCUT2D eigenvalue weighted by atomic mass is 127. The summed E-state index contributed by atoms with van der Waals surface area (Å²) in [6.07, 6.45) is 0. The maximum atomic E-state index is 11.1. The second-order valence-corrected chi connectivity index (χ2v) is 3.47. The van der Waals surface area contributed by atoms with Gasteiger partial charge in [0.05, 0.1) is 5.88 Å². The number of alkyl halides is 1. The van der Waals surface area contributed by atoms with Gasteiger partial charge in [0.1, 0.15) is 0 Å². The van der Waals surface area contributed by atoms with Crippen molar-refractivity contribution in [1.29, 1.82) is 0 Å². The van der Waals surface area contributed by atoms with Crippen molar-refractivity contribution < 1.29 is 4.79 Å². The monoisotopic (exact) mass is 280 g/mol. The molecule has 0 aliphatic carbocycles. The number of hydrogen-bond acceptors (Lipinski definition) is 1. The standard InChI is InChI=1S/C8H6ClIO/c9-5-8(11)6-3-1-2-4-7(6)10/h1-4H,5H2. The third kappa shape index (κ3) is 2.17. The Morgan fingerprint density at radius 2 is 2.09 bits per heavy atom. The van der Waals surface area contributed by atoms with E-state index in [0.29, 0.717) is 5.56 Å². The summed E-state index contributed by atoms with van der Waals surface area (Å²) in [4.78, 5) is 11.1. The molecule has 58 valence electrons. The van der Waals surface area contributed by atoms with Crippen LogP contribution in [0.2, 0.25) is 0 Å². The first-order valence-electron chi connectivity index (χ1n) is 3.09. The third-order valence-electron chi connectivity index (χ3n) is 1.30. The van der Waals surface area contributed by atoms with Crippen LogP contribution < -0.4 is 0 Å². The SMILES string of the molecule is O=C(CCl)c1ccccc1I. The molecule has 0 atom stereocenters. The first-order valence-corrected chi connectivity index (χ1v) is 4.70. The van der Waals surface area contributed by atoms with Crippen LogP contribution in [0.15, 0.2) is 24.3 Å². The number of Topliss-reactive ketones (excluding diaryl/α,β-unsaturated/α-hetero) is 1. The Bertz CT molecular complexity index is 273. The minimum absolute atomic E-state index is 0.0170. The first kappa shape index (κ1) is 9.00. The summed E-state index contributed by atoms with van der Waals surface area (Å²) in [5.74, 6) is 0.0386. The molecule has 0 aromatic heterocycles. The van der Waals surface area contributed by atoms with Crippen LogP contribution in [0.1, 0.15) is 10.4 Å². The normalized spacial score (nSPS) is 9.64. The molecule has 0 amide bonds. The van der Waals surface area contributed by atoms with Gasteiger partial charge in [0.2, 0.25) is 0 Å². The molecule has 0 unspecified atom stereocenters. The van der Waals surface area contributed by atoms with Gasteiger partial charge in [-0.2, -0.15) is 0 Å². The van der Waals surface area contributed by atoms with Crippen molar-refractivity contribution in [2.75, 3.05) is 5.88 Å². The van der Waals surface area contributed by atoms with Crippen LogP contribution in [0.4, 0.5) is 0 Å². The summed E-state index contributed by atoms with van der Waals surface area (Å²) in [6, 6.07) is 7.40. The van der Waals surface area contributed by atoms with E-state index in [1.807, 2.05) is 18.2 Å². The highest BCUT2D eigenvalue weighted by molar-refractivity contribution is 14.1. The Balaban J connectivity index is 3.03. The van der Waals surface area contributed by atoms with Crippen LogP contribution in [0, 0.1) is 3.57 Å². The van der Waals surface area contributed by atoms with Crippen LogP contribution in [0.25, 0.3) is 0 Å². The summed E-state index contributed by atoms with van der Waals surface area (Å²) in [6.45, 7) is 0. The summed E-state index contributed by atoms with van der Waals surface area (Å²) < 4.78 is 0.954. The molecular weight excluding hydrogens is 274 g/mol. The average Bonchev–Trinajstić information content (AvgIpc) is 2.04. The van der Waals surface area contributed by atoms with Gasteiger partial charge in [-0.3, -0.25) is 4.79 Å². The second kappa shape index (κ2) is 4.07. The lowest BCUT2D eigenvalue weighted by Gasteiger charge is -1.98. The van der Waals surface area contributed by atoms with Crippen molar-refractivity contribution in [2.45, 2.75) is 0 Å². The van der Waals surface area contributed by atoms with E-state index in [-0.39, 0.29) is 11.7 Å². The average molecular weight is 280 g/mol. The summed E-state index contributed by atoms with van der Waals surface area (Å²) >= 11 is 7.53. The number of benzene rings is 1. The molecule has 0 saturated heterocycles. The van der Waals surface area contributed by atoms with E-state index in [1.54, 1.807) is 6.07 Å². The van der Waals surface area contributed by atoms with E-state index in [4.69, 9.17) is 11.6 Å². The van der Waals surface area contributed by atoms with Gasteiger partial charge in [-0.05, 0) is 28.7 Å². The van der Waals surface area contributed by atoms with Gasteiger partial charge in [0.25, 0.3) is 0 Å². The van der Waals surface area contributed by atoms with Crippen molar-refractivity contribution >= 4 is 40.0 Å². The number of carbonyl (C=O) groups is 1. The molecule has 1 rings (SSSR count). The van der Waals surface area contributed by atoms with E-state index in [1.165, 1.54) is 0 Å². The predicted octanol–water partition coefficient (Wildman–Crippen LogP) is 2.71. The molecule has 0 heterocycles. The van der Waals surface area contributed by atoms with Gasteiger partial charge in [-0.1, -0.05) is 18.2 Å². The van der Waals surface area contributed by atoms with Crippen molar-refractivity contribution in [3.8, 4) is 0 Å². The van der Waals surface area contributed by atoms with Crippen molar-refractivity contribution in [3.05, 3.63) is 33.4 Å². The quantitative estimate of drug-likeness (QED) is 0.462. The maximum absolute atomic E-state index is 11.1. The minimum Gasteiger partial charge on any atom is -0.293 e. The van der Waals surface area contributed by atoms with Gasteiger partial charge in [0.15, 0.2) is 5.78 Å². The fourth-order valence-electron chi connectivity index (χ4n) is 0.759. The van der Waals surface area contributed by atoms with Crippen molar-refractivity contribution in [2.24, 2.45) is 0 Å². The third-order valence-corrected chi connectivity index (χ3v) is 2.48. The lowest BCUT2D eigenvalue weighted by atomic mass is 10.2. The number of rotatable bonds is 2. The number of hydrogen-bond donors (Lipinski definition) is 0. The fraction of sp³-hybridized carbons (Fsp3) is 0.125. The van der Waals surface area contributed by atoms with Crippen molar-refractivity contribution in [1.82, 2.24) is 0 Å². The number of ketones is 1. The molecule has 0 aliphatic heterocycles. The van der Waals surface area contributed by atoms with Gasteiger partial charge < -0.3 is 0 Å². The molecule has 0 fully saturated rings. The van der Waals surface area contributed by atoms with Crippen LogP contribution in [-0.4, -0.2) is 11.7 Å². The molecule has 1 nitrogen and oxygen atoms in total. The first-order chi connectivity index (χ1) is 5.25. The van der Waals surface area contributed by atoms with E-state index in [0.717, 1.165) is 3.57 Å². The molecule has 0 aliphatic rings. The van der Waals surface area contributed by atoms with Gasteiger partial charge in [0, 0.05) is 9.13 Å². The summed E-state index contributed by atoms with van der Waals surface area (Å²) in [5.41, 5.74) is 0.711. The van der Waals surface area contributed by atoms with Crippen LogP contribution in [-0.2, 0) is 0 Å². The lowest BCUT2D eigenvalue weighted by molar-refractivity contribution is 0.102. The Hall–Kier alpha value is -0.0900. The molecule has 0 bridgehead atoms. The maximum Gasteiger partial charge on any atom is 0.178 e. The smallest absolute Gasteiger partial charge is 0.178 e. The topological polar surface area (TPSA) is 17.1 Å². The number of halogens is 2. The molecule has 0 saturated carbocycles. The summed E-state index contributed by atoms with van der Waals surface area (Å²) in [7, 11) is 0. The van der Waals surface area contributed by atoms with Gasteiger partial charge in [-0.25, -0.2) is 0 Å². The largest absolute Gasteiger partial charge is 0.293 e. The highest BCUT2D eigenvalue weighted by Crippen LogP contribution is 2.12. The molecule has 0 N–H and O–H groups in total. The van der Waals surface area contributed by atoms with E-state index in [2.05, 4.69) is 22.6 Å².